The van der Waals surface area contributed by atoms with Crippen molar-refractivity contribution in [3.63, 3.8) is 0 Å². The lowest BCUT2D eigenvalue weighted by Gasteiger charge is -2.20. The molecular formula is C15H16Br2ClNS. The van der Waals surface area contributed by atoms with Crippen molar-refractivity contribution in [2.45, 2.75) is 26.3 Å². The second-order valence-electron chi connectivity index (χ2n) is 4.62. The van der Waals surface area contributed by atoms with Gasteiger partial charge in [0.2, 0.25) is 0 Å². The molecule has 0 amide bonds. The number of hydrogen-bond acceptors (Lipinski definition) is 2. The number of halogens is 3. The van der Waals surface area contributed by atoms with Crippen molar-refractivity contribution in [3.8, 4) is 0 Å². The molecule has 1 atom stereocenters. The number of thiophene rings is 1. The van der Waals surface area contributed by atoms with Crippen LogP contribution in [0.5, 0.6) is 0 Å². The molecule has 1 unspecified atom stereocenters. The molecule has 1 N–H and O–H groups in total. The number of rotatable bonds is 5. The van der Waals surface area contributed by atoms with Gasteiger partial charge in [0.1, 0.15) is 0 Å². The zero-order chi connectivity index (χ0) is 14.7. The zero-order valence-corrected chi connectivity index (χ0v) is 16.1. The molecule has 1 aromatic heterocycles. The van der Waals surface area contributed by atoms with Crippen LogP contribution in [0.3, 0.4) is 0 Å². The molecule has 1 heterocycles. The fraction of sp³-hybridized carbons (Fsp3) is 0.333. The van der Waals surface area contributed by atoms with Crippen molar-refractivity contribution < 1.29 is 0 Å². The third-order valence-corrected chi connectivity index (χ3v) is 5.82. The molecule has 20 heavy (non-hydrogen) atoms. The van der Waals surface area contributed by atoms with Gasteiger partial charge in [0.15, 0.2) is 0 Å². The van der Waals surface area contributed by atoms with Crippen LogP contribution in [0.1, 0.15) is 34.7 Å². The first kappa shape index (κ1) is 16.5. The topological polar surface area (TPSA) is 12.0 Å². The van der Waals surface area contributed by atoms with Crippen LogP contribution in [-0.2, 0) is 0 Å². The largest absolute Gasteiger partial charge is 0.306 e. The summed E-state index contributed by atoms with van der Waals surface area (Å²) < 4.78 is 2.15. The van der Waals surface area contributed by atoms with Gasteiger partial charge in [-0.05, 0) is 59.6 Å². The Balaban J connectivity index is 2.44. The predicted octanol–water partition coefficient (Wildman–Crippen LogP) is 6.32. The Morgan fingerprint density at radius 1 is 1.30 bits per heavy atom. The second kappa shape index (κ2) is 7.41. The molecule has 0 bridgehead atoms. The summed E-state index contributed by atoms with van der Waals surface area (Å²) in [5.41, 5.74) is 1.12. The maximum atomic E-state index is 6.43. The molecule has 1 nitrogen and oxygen atoms in total. The van der Waals surface area contributed by atoms with Crippen molar-refractivity contribution in [1.82, 2.24) is 5.32 Å². The minimum absolute atomic E-state index is 0.128. The average Bonchev–Trinajstić information content (AvgIpc) is 2.71. The molecular weight excluding hydrogens is 422 g/mol. The fourth-order valence-electron chi connectivity index (χ4n) is 2.07. The maximum absolute atomic E-state index is 6.43. The van der Waals surface area contributed by atoms with Crippen molar-refractivity contribution in [2.75, 3.05) is 6.54 Å². The van der Waals surface area contributed by atoms with E-state index in [9.17, 15) is 0 Å². The monoisotopic (exact) mass is 435 g/mol. The molecule has 108 valence electrons. The van der Waals surface area contributed by atoms with Gasteiger partial charge in [0, 0.05) is 23.7 Å². The van der Waals surface area contributed by atoms with Crippen LogP contribution in [0.2, 0.25) is 5.02 Å². The van der Waals surface area contributed by atoms with Gasteiger partial charge in [-0.3, -0.25) is 0 Å². The quantitative estimate of drug-likeness (QED) is 0.577. The maximum Gasteiger partial charge on any atom is 0.0697 e. The fourth-order valence-corrected chi connectivity index (χ4v) is 4.82. The molecule has 5 heteroatoms. The second-order valence-corrected chi connectivity index (χ2v) is 8.09. The van der Waals surface area contributed by atoms with E-state index in [0.717, 1.165) is 32.5 Å². The van der Waals surface area contributed by atoms with E-state index in [-0.39, 0.29) is 6.04 Å². The molecule has 0 saturated carbocycles. The van der Waals surface area contributed by atoms with E-state index in [0.29, 0.717) is 0 Å². The number of aryl methyl sites for hydroxylation is 1. The third kappa shape index (κ3) is 3.86. The normalized spacial score (nSPS) is 12.7. The summed E-state index contributed by atoms with van der Waals surface area (Å²) >= 11 is 15.4. The molecule has 0 fully saturated rings. The van der Waals surface area contributed by atoms with Crippen LogP contribution in [0, 0.1) is 6.92 Å². The zero-order valence-electron chi connectivity index (χ0n) is 11.3. The molecule has 0 aliphatic rings. The summed E-state index contributed by atoms with van der Waals surface area (Å²) in [7, 11) is 0. The Labute approximate surface area is 146 Å². The van der Waals surface area contributed by atoms with Gasteiger partial charge in [-0.25, -0.2) is 0 Å². The van der Waals surface area contributed by atoms with Crippen molar-refractivity contribution in [3.05, 3.63) is 53.6 Å². The van der Waals surface area contributed by atoms with Crippen molar-refractivity contribution in [2.24, 2.45) is 0 Å². The lowest BCUT2D eigenvalue weighted by Crippen LogP contribution is -2.23. The lowest BCUT2D eigenvalue weighted by atomic mass is 10.1. The number of benzene rings is 1. The van der Waals surface area contributed by atoms with E-state index in [2.05, 4.69) is 63.2 Å². The van der Waals surface area contributed by atoms with Crippen LogP contribution in [-0.4, -0.2) is 6.54 Å². The molecule has 0 aliphatic heterocycles. The van der Waals surface area contributed by atoms with Crippen LogP contribution in [0.15, 0.2) is 33.2 Å². The number of nitrogens with one attached hydrogen (secondary N) is 1. The van der Waals surface area contributed by atoms with E-state index in [1.165, 1.54) is 9.75 Å². The molecule has 0 spiro atoms. The minimum Gasteiger partial charge on any atom is -0.306 e. The van der Waals surface area contributed by atoms with Gasteiger partial charge in [0.25, 0.3) is 0 Å². The van der Waals surface area contributed by atoms with Crippen LogP contribution in [0.25, 0.3) is 0 Å². The molecule has 0 saturated heterocycles. The highest BCUT2D eigenvalue weighted by molar-refractivity contribution is 9.10. The van der Waals surface area contributed by atoms with Crippen LogP contribution in [0.4, 0.5) is 0 Å². The van der Waals surface area contributed by atoms with Gasteiger partial charge in [-0.15, -0.1) is 11.3 Å². The summed E-state index contributed by atoms with van der Waals surface area (Å²) in [5, 5.41) is 4.38. The highest BCUT2D eigenvalue weighted by atomic mass is 79.9. The van der Waals surface area contributed by atoms with E-state index >= 15 is 0 Å². The molecule has 0 aliphatic carbocycles. The molecule has 0 radical (unpaired) electrons. The summed E-state index contributed by atoms with van der Waals surface area (Å²) in [5.74, 6) is 0. The van der Waals surface area contributed by atoms with Crippen molar-refractivity contribution >= 4 is 54.8 Å². The van der Waals surface area contributed by atoms with Gasteiger partial charge in [-0.1, -0.05) is 40.5 Å². The van der Waals surface area contributed by atoms with E-state index < -0.39 is 0 Å². The Hall–Kier alpha value is 0.130. The Kier molecular flexibility index (Phi) is 6.11. The van der Waals surface area contributed by atoms with Gasteiger partial charge >= 0.3 is 0 Å². The van der Waals surface area contributed by atoms with Gasteiger partial charge < -0.3 is 5.32 Å². The Bertz CT molecular complexity index is 598. The molecule has 2 aromatic rings. The van der Waals surface area contributed by atoms with Crippen molar-refractivity contribution in [1.29, 1.82) is 0 Å². The van der Waals surface area contributed by atoms with E-state index in [1.807, 2.05) is 12.1 Å². The first-order valence-electron chi connectivity index (χ1n) is 6.47. The van der Waals surface area contributed by atoms with E-state index in [1.54, 1.807) is 11.3 Å². The molecule has 1 aromatic carbocycles. The highest BCUT2D eigenvalue weighted by Crippen LogP contribution is 2.38. The summed E-state index contributed by atoms with van der Waals surface area (Å²) in [6.45, 7) is 5.25. The summed E-state index contributed by atoms with van der Waals surface area (Å²) in [4.78, 5) is 2.57. The lowest BCUT2D eigenvalue weighted by molar-refractivity contribution is 0.604. The Morgan fingerprint density at radius 3 is 2.60 bits per heavy atom. The highest BCUT2D eigenvalue weighted by Gasteiger charge is 2.21. The van der Waals surface area contributed by atoms with Crippen LogP contribution < -0.4 is 5.32 Å². The van der Waals surface area contributed by atoms with E-state index in [4.69, 9.17) is 11.6 Å². The predicted molar refractivity (Wildman–Crippen MR) is 96.0 cm³/mol. The third-order valence-electron chi connectivity index (χ3n) is 2.97. The van der Waals surface area contributed by atoms with Crippen LogP contribution >= 0.6 is 54.8 Å². The standard InChI is InChI=1S/C15H16Br2ClNS/c1-3-6-19-14(15-12(17)7-9(2)20-15)11-5-4-10(16)8-13(11)18/h4-5,7-8,14,19H,3,6H2,1-2H3. The minimum atomic E-state index is 0.128. The summed E-state index contributed by atoms with van der Waals surface area (Å²) in [6.07, 6.45) is 1.09. The van der Waals surface area contributed by atoms with Gasteiger partial charge in [-0.2, -0.15) is 0 Å². The average molecular weight is 438 g/mol. The number of hydrogen-bond donors (Lipinski definition) is 1. The smallest absolute Gasteiger partial charge is 0.0697 e. The first-order chi connectivity index (χ1) is 9.52. The van der Waals surface area contributed by atoms with Gasteiger partial charge in [0.05, 0.1) is 6.04 Å². The Morgan fingerprint density at radius 2 is 2.05 bits per heavy atom. The SMILES string of the molecule is CCCNC(c1ccc(Br)cc1Cl)c1sc(C)cc1Br. The molecule has 2 rings (SSSR count). The first-order valence-corrected chi connectivity index (χ1v) is 9.25. The summed E-state index contributed by atoms with van der Waals surface area (Å²) in [6, 6.07) is 8.36.